The summed E-state index contributed by atoms with van der Waals surface area (Å²) in [7, 11) is 0. The van der Waals surface area contributed by atoms with Crippen LogP contribution in [0.5, 0.6) is 0 Å². The Balaban J connectivity index is 1.49. The highest BCUT2D eigenvalue weighted by molar-refractivity contribution is 5.94. The number of likely N-dealkylation sites (tertiary alicyclic amines) is 1. The number of rotatable bonds is 3. The standard InChI is InChI=1S/C19H26N2O2/c1-14-5-4-8-16(13-14)18(22)20-17-9-11-21(12-10-17)19(23)15-6-2-3-7-15/h4-5,8,13,15,17H,2-3,6-7,9-12H2,1H3,(H,20,22). The minimum atomic E-state index is -0.00531. The molecular weight excluding hydrogens is 288 g/mol. The summed E-state index contributed by atoms with van der Waals surface area (Å²) < 4.78 is 0. The molecule has 0 spiro atoms. The van der Waals surface area contributed by atoms with Gasteiger partial charge < -0.3 is 10.2 Å². The van der Waals surface area contributed by atoms with Gasteiger partial charge in [-0.3, -0.25) is 9.59 Å². The molecule has 1 heterocycles. The van der Waals surface area contributed by atoms with Crippen LogP contribution in [0.1, 0.15) is 54.4 Å². The molecular formula is C19H26N2O2. The Bertz CT molecular complexity index is 570. The second-order valence-corrected chi connectivity index (χ2v) is 6.92. The van der Waals surface area contributed by atoms with Gasteiger partial charge in [0.2, 0.25) is 5.91 Å². The molecule has 1 aromatic carbocycles. The van der Waals surface area contributed by atoms with Crippen LogP contribution in [0.25, 0.3) is 0 Å². The normalized spacial score (nSPS) is 19.8. The van der Waals surface area contributed by atoms with Gasteiger partial charge in [-0.25, -0.2) is 0 Å². The SMILES string of the molecule is Cc1cccc(C(=O)NC2CCN(C(=O)C3CCCC3)CC2)c1. The van der Waals surface area contributed by atoms with E-state index in [1.54, 1.807) is 0 Å². The largest absolute Gasteiger partial charge is 0.349 e. The van der Waals surface area contributed by atoms with Crippen LogP contribution < -0.4 is 5.32 Å². The first kappa shape index (κ1) is 16.0. The first-order valence-corrected chi connectivity index (χ1v) is 8.80. The maximum absolute atomic E-state index is 12.4. The van der Waals surface area contributed by atoms with E-state index in [1.165, 1.54) is 12.8 Å². The molecule has 4 nitrogen and oxygen atoms in total. The van der Waals surface area contributed by atoms with Gasteiger partial charge in [-0.1, -0.05) is 30.5 Å². The first-order valence-electron chi connectivity index (χ1n) is 8.80. The fraction of sp³-hybridized carbons (Fsp3) is 0.579. The lowest BCUT2D eigenvalue weighted by Gasteiger charge is -2.34. The maximum atomic E-state index is 12.4. The lowest BCUT2D eigenvalue weighted by atomic mass is 10.0. The summed E-state index contributed by atoms with van der Waals surface area (Å²) in [5.74, 6) is 0.591. The molecule has 23 heavy (non-hydrogen) atoms. The van der Waals surface area contributed by atoms with E-state index in [1.807, 2.05) is 36.1 Å². The third kappa shape index (κ3) is 3.92. The smallest absolute Gasteiger partial charge is 0.251 e. The number of aryl methyl sites for hydroxylation is 1. The van der Waals surface area contributed by atoms with Crippen LogP contribution in [0, 0.1) is 12.8 Å². The molecule has 0 atom stereocenters. The molecule has 1 N–H and O–H groups in total. The number of hydrogen-bond donors (Lipinski definition) is 1. The molecule has 1 aliphatic heterocycles. The van der Waals surface area contributed by atoms with Crippen molar-refractivity contribution in [2.24, 2.45) is 5.92 Å². The molecule has 4 heteroatoms. The molecule has 0 bridgehead atoms. The Kier molecular flexibility index (Phi) is 4.99. The van der Waals surface area contributed by atoms with Gasteiger partial charge >= 0.3 is 0 Å². The number of nitrogens with one attached hydrogen (secondary N) is 1. The summed E-state index contributed by atoms with van der Waals surface area (Å²) in [5, 5.41) is 3.11. The van der Waals surface area contributed by atoms with Crippen LogP contribution in [-0.2, 0) is 4.79 Å². The Morgan fingerprint density at radius 3 is 2.43 bits per heavy atom. The van der Waals surface area contributed by atoms with E-state index in [4.69, 9.17) is 0 Å². The number of amides is 2. The molecule has 124 valence electrons. The zero-order chi connectivity index (χ0) is 16.2. The highest BCUT2D eigenvalue weighted by Crippen LogP contribution is 2.27. The number of benzene rings is 1. The zero-order valence-corrected chi connectivity index (χ0v) is 13.9. The fourth-order valence-electron chi connectivity index (χ4n) is 3.73. The van der Waals surface area contributed by atoms with Crippen molar-refractivity contribution in [3.63, 3.8) is 0 Å². The van der Waals surface area contributed by atoms with Crippen molar-refractivity contribution >= 4 is 11.8 Å². The molecule has 2 fully saturated rings. The number of hydrogen-bond acceptors (Lipinski definition) is 2. The lowest BCUT2D eigenvalue weighted by molar-refractivity contribution is -0.136. The summed E-state index contributed by atoms with van der Waals surface area (Å²) in [5.41, 5.74) is 1.81. The number of carbonyl (C=O) groups is 2. The van der Waals surface area contributed by atoms with Crippen molar-refractivity contribution in [2.75, 3.05) is 13.1 Å². The van der Waals surface area contributed by atoms with Crippen LogP contribution in [0.4, 0.5) is 0 Å². The van der Waals surface area contributed by atoms with Crippen molar-refractivity contribution in [3.05, 3.63) is 35.4 Å². The summed E-state index contributed by atoms with van der Waals surface area (Å²) in [6.07, 6.45) is 6.22. The molecule has 2 amide bonds. The predicted molar refractivity (Wildman–Crippen MR) is 90.2 cm³/mol. The van der Waals surface area contributed by atoms with E-state index in [9.17, 15) is 9.59 Å². The van der Waals surface area contributed by atoms with E-state index >= 15 is 0 Å². The molecule has 1 saturated heterocycles. The second-order valence-electron chi connectivity index (χ2n) is 6.92. The molecule has 2 aliphatic rings. The molecule has 1 aromatic rings. The van der Waals surface area contributed by atoms with E-state index in [0.29, 0.717) is 5.91 Å². The number of carbonyl (C=O) groups excluding carboxylic acids is 2. The number of nitrogens with zero attached hydrogens (tertiary/aromatic N) is 1. The van der Waals surface area contributed by atoms with E-state index in [2.05, 4.69) is 5.32 Å². The molecule has 1 aliphatic carbocycles. The monoisotopic (exact) mass is 314 g/mol. The quantitative estimate of drug-likeness (QED) is 0.932. The fourth-order valence-corrected chi connectivity index (χ4v) is 3.73. The van der Waals surface area contributed by atoms with Crippen LogP contribution in [-0.4, -0.2) is 35.8 Å². The third-order valence-corrected chi connectivity index (χ3v) is 5.13. The van der Waals surface area contributed by atoms with Gasteiger partial charge in [0.15, 0.2) is 0 Å². The van der Waals surface area contributed by atoms with E-state index in [0.717, 1.165) is 49.9 Å². The minimum Gasteiger partial charge on any atom is -0.349 e. The average Bonchev–Trinajstić information content (AvgIpc) is 3.09. The predicted octanol–water partition coefficient (Wildman–Crippen LogP) is 2.91. The third-order valence-electron chi connectivity index (χ3n) is 5.13. The lowest BCUT2D eigenvalue weighted by Crippen LogP contribution is -2.47. The summed E-state index contributed by atoms with van der Waals surface area (Å²) >= 11 is 0. The van der Waals surface area contributed by atoms with Crippen molar-refractivity contribution in [1.82, 2.24) is 10.2 Å². The number of piperidine rings is 1. The molecule has 1 saturated carbocycles. The van der Waals surface area contributed by atoms with Crippen LogP contribution >= 0.6 is 0 Å². The Hall–Kier alpha value is -1.84. The molecule has 0 aromatic heterocycles. The molecule has 0 radical (unpaired) electrons. The van der Waals surface area contributed by atoms with E-state index < -0.39 is 0 Å². The van der Waals surface area contributed by atoms with Gasteiger partial charge in [0.1, 0.15) is 0 Å². The summed E-state index contributed by atoms with van der Waals surface area (Å²) in [6.45, 7) is 3.53. The zero-order valence-electron chi connectivity index (χ0n) is 13.9. The Morgan fingerprint density at radius 1 is 1.09 bits per heavy atom. The first-order chi connectivity index (χ1) is 11.1. The molecule has 0 unspecified atom stereocenters. The van der Waals surface area contributed by atoms with Crippen molar-refractivity contribution in [2.45, 2.75) is 51.5 Å². The summed E-state index contributed by atoms with van der Waals surface area (Å²) in [6, 6.07) is 7.84. The van der Waals surface area contributed by atoms with Gasteiger partial charge in [-0.15, -0.1) is 0 Å². The van der Waals surface area contributed by atoms with Crippen LogP contribution in [0.2, 0.25) is 0 Å². The average molecular weight is 314 g/mol. The highest BCUT2D eigenvalue weighted by Gasteiger charge is 2.30. The van der Waals surface area contributed by atoms with Gasteiger partial charge in [0, 0.05) is 30.6 Å². The van der Waals surface area contributed by atoms with Gasteiger partial charge in [0.05, 0.1) is 0 Å². The molecule has 3 rings (SSSR count). The minimum absolute atomic E-state index is 0.00531. The summed E-state index contributed by atoms with van der Waals surface area (Å²) in [4.78, 5) is 26.7. The van der Waals surface area contributed by atoms with Gasteiger partial charge in [-0.05, 0) is 44.7 Å². The highest BCUT2D eigenvalue weighted by atomic mass is 16.2. The topological polar surface area (TPSA) is 49.4 Å². The second kappa shape index (κ2) is 7.16. The van der Waals surface area contributed by atoms with Crippen molar-refractivity contribution in [1.29, 1.82) is 0 Å². The van der Waals surface area contributed by atoms with E-state index in [-0.39, 0.29) is 17.9 Å². The van der Waals surface area contributed by atoms with Crippen LogP contribution in [0.3, 0.4) is 0 Å². The Morgan fingerprint density at radius 2 is 1.78 bits per heavy atom. The Labute approximate surface area is 138 Å². The van der Waals surface area contributed by atoms with Crippen LogP contribution in [0.15, 0.2) is 24.3 Å². The van der Waals surface area contributed by atoms with Crippen molar-refractivity contribution in [3.8, 4) is 0 Å². The van der Waals surface area contributed by atoms with Crippen molar-refractivity contribution < 1.29 is 9.59 Å². The van der Waals surface area contributed by atoms with Gasteiger partial charge in [-0.2, -0.15) is 0 Å². The maximum Gasteiger partial charge on any atom is 0.251 e. The van der Waals surface area contributed by atoms with Gasteiger partial charge in [0.25, 0.3) is 5.91 Å².